The van der Waals surface area contributed by atoms with E-state index in [1.54, 1.807) is 0 Å². The third-order valence-corrected chi connectivity index (χ3v) is 3.21. The molecule has 1 aliphatic carbocycles. The second kappa shape index (κ2) is 5.82. The van der Waals surface area contributed by atoms with Gasteiger partial charge in [-0.05, 0) is 30.4 Å². The Hall–Kier alpha value is -1.35. The van der Waals surface area contributed by atoms with E-state index < -0.39 is 0 Å². The van der Waals surface area contributed by atoms with Crippen LogP contribution in [0.1, 0.15) is 30.4 Å². The Kier molecular flexibility index (Phi) is 4.15. The molecule has 0 radical (unpaired) electrons. The van der Waals surface area contributed by atoms with Gasteiger partial charge in [-0.1, -0.05) is 24.3 Å². The summed E-state index contributed by atoms with van der Waals surface area (Å²) < 4.78 is 10.5. The van der Waals surface area contributed by atoms with E-state index in [1.807, 2.05) is 24.3 Å². The van der Waals surface area contributed by atoms with Crippen LogP contribution in [0.2, 0.25) is 0 Å². The molecular formula is C14H18O3. The first-order valence-electron chi connectivity index (χ1n) is 6.05. The quantitative estimate of drug-likeness (QED) is 0.734. The predicted octanol–water partition coefficient (Wildman–Crippen LogP) is 2.47. The monoisotopic (exact) mass is 234 g/mol. The van der Waals surface area contributed by atoms with Crippen LogP contribution in [0.4, 0.5) is 0 Å². The van der Waals surface area contributed by atoms with Gasteiger partial charge < -0.3 is 9.47 Å². The van der Waals surface area contributed by atoms with Gasteiger partial charge in [-0.2, -0.15) is 0 Å². The average Bonchev–Trinajstić information content (AvgIpc) is 2.29. The summed E-state index contributed by atoms with van der Waals surface area (Å²) in [5.41, 5.74) is 2.09. The molecule has 0 N–H and O–H groups in total. The van der Waals surface area contributed by atoms with Gasteiger partial charge in [0.2, 0.25) is 0 Å². The number of carbonyl (C=O) groups is 1. The molecule has 1 aliphatic rings. The van der Waals surface area contributed by atoms with Gasteiger partial charge in [0.15, 0.2) is 0 Å². The van der Waals surface area contributed by atoms with Crippen LogP contribution in [0, 0.1) is 0 Å². The fraction of sp³-hybridized carbons (Fsp3) is 0.500. The van der Waals surface area contributed by atoms with Crippen LogP contribution in [-0.4, -0.2) is 19.2 Å². The lowest BCUT2D eigenvalue weighted by Crippen LogP contribution is -2.21. The van der Waals surface area contributed by atoms with Gasteiger partial charge in [-0.25, -0.2) is 0 Å². The van der Waals surface area contributed by atoms with Gasteiger partial charge in [0, 0.05) is 0 Å². The molecule has 1 saturated carbocycles. The average molecular weight is 234 g/mol. The van der Waals surface area contributed by atoms with E-state index in [0.717, 1.165) is 11.1 Å². The maximum Gasteiger partial charge on any atom is 0.309 e. The molecule has 3 nitrogen and oxygen atoms in total. The van der Waals surface area contributed by atoms with Gasteiger partial charge in [0.1, 0.15) is 0 Å². The summed E-state index contributed by atoms with van der Waals surface area (Å²) in [6.07, 6.45) is 4.34. The third kappa shape index (κ3) is 3.30. The van der Waals surface area contributed by atoms with Crippen molar-refractivity contribution in [2.75, 3.05) is 7.11 Å². The molecule has 0 amide bonds. The SMILES string of the molecule is COC(=O)Cc1ccccc1COC1CCC1. The lowest BCUT2D eigenvalue weighted by molar-refractivity contribution is -0.139. The van der Waals surface area contributed by atoms with Crippen molar-refractivity contribution in [1.82, 2.24) is 0 Å². The number of hydrogen-bond donors (Lipinski definition) is 0. The molecule has 2 rings (SSSR count). The first kappa shape index (κ1) is 12.1. The summed E-state index contributed by atoms with van der Waals surface area (Å²) in [6.45, 7) is 0.595. The van der Waals surface area contributed by atoms with E-state index in [1.165, 1.54) is 26.4 Å². The highest BCUT2D eigenvalue weighted by molar-refractivity contribution is 5.72. The van der Waals surface area contributed by atoms with Crippen LogP contribution in [0.25, 0.3) is 0 Å². The Morgan fingerprint density at radius 2 is 2.00 bits per heavy atom. The van der Waals surface area contributed by atoms with Crippen molar-refractivity contribution in [2.45, 2.75) is 38.4 Å². The van der Waals surface area contributed by atoms with Crippen LogP contribution in [0.3, 0.4) is 0 Å². The molecule has 92 valence electrons. The first-order valence-corrected chi connectivity index (χ1v) is 6.05. The number of methoxy groups -OCH3 is 1. The van der Waals surface area contributed by atoms with Crippen molar-refractivity contribution >= 4 is 5.97 Å². The molecule has 0 unspecified atom stereocenters. The zero-order chi connectivity index (χ0) is 12.1. The van der Waals surface area contributed by atoms with E-state index in [4.69, 9.17) is 4.74 Å². The molecule has 1 fully saturated rings. The Balaban J connectivity index is 1.96. The molecule has 17 heavy (non-hydrogen) atoms. The maximum atomic E-state index is 11.3. The standard InChI is InChI=1S/C14H18O3/c1-16-14(15)9-11-5-2-3-6-12(11)10-17-13-7-4-8-13/h2-3,5-6,13H,4,7-10H2,1H3. The van der Waals surface area contributed by atoms with Crippen molar-refractivity contribution in [3.8, 4) is 0 Å². The number of rotatable bonds is 5. The van der Waals surface area contributed by atoms with E-state index in [2.05, 4.69) is 4.74 Å². The minimum Gasteiger partial charge on any atom is -0.469 e. The fourth-order valence-electron chi connectivity index (χ4n) is 1.84. The highest BCUT2D eigenvalue weighted by Gasteiger charge is 2.18. The van der Waals surface area contributed by atoms with E-state index >= 15 is 0 Å². The largest absolute Gasteiger partial charge is 0.469 e. The number of hydrogen-bond acceptors (Lipinski definition) is 3. The highest BCUT2D eigenvalue weighted by atomic mass is 16.5. The molecule has 0 saturated heterocycles. The Labute approximate surface area is 102 Å². The minimum absolute atomic E-state index is 0.207. The Morgan fingerprint density at radius 1 is 1.29 bits per heavy atom. The molecule has 0 aromatic heterocycles. The maximum absolute atomic E-state index is 11.3. The second-order valence-electron chi connectivity index (χ2n) is 4.39. The summed E-state index contributed by atoms with van der Waals surface area (Å²) in [4.78, 5) is 11.3. The molecule has 3 heteroatoms. The lowest BCUT2D eigenvalue weighted by atomic mass is 9.96. The van der Waals surface area contributed by atoms with Crippen LogP contribution < -0.4 is 0 Å². The summed E-state index contributed by atoms with van der Waals surface area (Å²) in [5.74, 6) is -0.207. The number of ether oxygens (including phenoxy) is 2. The zero-order valence-electron chi connectivity index (χ0n) is 10.1. The van der Waals surface area contributed by atoms with Crippen LogP contribution in [0.15, 0.2) is 24.3 Å². The number of benzene rings is 1. The van der Waals surface area contributed by atoms with E-state index in [9.17, 15) is 4.79 Å². The molecule has 1 aromatic rings. The van der Waals surface area contributed by atoms with Crippen molar-refractivity contribution in [1.29, 1.82) is 0 Å². The van der Waals surface area contributed by atoms with Gasteiger partial charge in [-0.3, -0.25) is 4.79 Å². The summed E-state index contributed by atoms with van der Waals surface area (Å²) in [6, 6.07) is 7.87. The smallest absolute Gasteiger partial charge is 0.309 e. The van der Waals surface area contributed by atoms with Crippen molar-refractivity contribution in [2.24, 2.45) is 0 Å². The van der Waals surface area contributed by atoms with Crippen LogP contribution >= 0.6 is 0 Å². The summed E-state index contributed by atoms with van der Waals surface area (Å²) in [7, 11) is 1.41. The Morgan fingerprint density at radius 3 is 2.59 bits per heavy atom. The van der Waals surface area contributed by atoms with Gasteiger partial charge in [0.05, 0.1) is 26.2 Å². The van der Waals surface area contributed by atoms with Gasteiger partial charge in [0.25, 0.3) is 0 Å². The molecule has 0 aliphatic heterocycles. The van der Waals surface area contributed by atoms with E-state index in [0.29, 0.717) is 19.1 Å². The predicted molar refractivity (Wildman–Crippen MR) is 64.6 cm³/mol. The molecule has 0 atom stereocenters. The number of carbonyl (C=O) groups excluding carboxylic acids is 1. The first-order chi connectivity index (χ1) is 8.29. The lowest BCUT2D eigenvalue weighted by Gasteiger charge is -2.25. The van der Waals surface area contributed by atoms with Gasteiger partial charge >= 0.3 is 5.97 Å². The highest BCUT2D eigenvalue weighted by Crippen LogP contribution is 2.23. The minimum atomic E-state index is -0.207. The Bertz CT molecular complexity index is 383. The fourth-order valence-corrected chi connectivity index (χ4v) is 1.84. The normalized spacial score (nSPS) is 15.4. The van der Waals surface area contributed by atoms with Gasteiger partial charge in [-0.15, -0.1) is 0 Å². The molecule has 0 bridgehead atoms. The van der Waals surface area contributed by atoms with Crippen molar-refractivity contribution in [3.05, 3.63) is 35.4 Å². The third-order valence-electron chi connectivity index (χ3n) is 3.21. The van der Waals surface area contributed by atoms with Crippen LogP contribution in [-0.2, 0) is 27.3 Å². The molecule has 0 heterocycles. The topological polar surface area (TPSA) is 35.5 Å². The second-order valence-corrected chi connectivity index (χ2v) is 4.39. The molecular weight excluding hydrogens is 216 g/mol. The molecule has 1 aromatic carbocycles. The van der Waals surface area contributed by atoms with Crippen LogP contribution in [0.5, 0.6) is 0 Å². The molecule has 0 spiro atoms. The number of esters is 1. The van der Waals surface area contributed by atoms with E-state index in [-0.39, 0.29) is 5.97 Å². The van der Waals surface area contributed by atoms with Crippen molar-refractivity contribution in [3.63, 3.8) is 0 Å². The zero-order valence-corrected chi connectivity index (χ0v) is 10.1. The summed E-state index contributed by atoms with van der Waals surface area (Å²) in [5, 5.41) is 0. The summed E-state index contributed by atoms with van der Waals surface area (Å²) >= 11 is 0. The van der Waals surface area contributed by atoms with Crippen molar-refractivity contribution < 1.29 is 14.3 Å².